The quantitative estimate of drug-likeness (QED) is 0.800. The molecule has 118 valence electrons. The Balaban J connectivity index is 2.03. The highest BCUT2D eigenvalue weighted by atomic mass is 19.3. The smallest absolute Gasteiger partial charge is 0.248 e. The van der Waals surface area contributed by atoms with Crippen molar-refractivity contribution in [3.05, 3.63) is 35.4 Å². The van der Waals surface area contributed by atoms with E-state index in [1.165, 1.54) is 11.1 Å². The molecule has 3 heteroatoms. The summed E-state index contributed by atoms with van der Waals surface area (Å²) in [6.07, 6.45) is 3.40. The molecule has 0 saturated heterocycles. The lowest BCUT2D eigenvalue weighted by Crippen LogP contribution is -2.41. The first-order valence-corrected chi connectivity index (χ1v) is 8.17. The molecule has 0 aliphatic heterocycles. The number of alkyl halides is 2. The van der Waals surface area contributed by atoms with Crippen molar-refractivity contribution in [2.75, 3.05) is 6.54 Å². The van der Waals surface area contributed by atoms with Crippen LogP contribution in [0.25, 0.3) is 0 Å². The van der Waals surface area contributed by atoms with Gasteiger partial charge in [-0.3, -0.25) is 0 Å². The van der Waals surface area contributed by atoms with E-state index in [0.29, 0.717) is 24.8 Å². The first-order valence-electron chi connectivity index (χ1n) is 8.17. The van der Waals surface area contributed by atoms with Crippen molar-refractivity contribution in [3.8, 4) is 0 Å². The summed E-state index contributed by atoms with van der Waals surface area (Å²) < 4.78 is 26.7. The van der Waals surface area contributed by atoms with Crippen LogP contribution < -0.4 is 5.32 Å². The summed E-state index contributed by atoms with van der Waals surface area (Å²) in [5, 5.41) is 3.60. The fraction of sp³-hybridized carbons (Fsp3) is 0.667. The molecule has 1 N–H and O–H groups in total. The Morgan fingerprint density at radius 2 is 1.90 bits per heavy atom. The van der Waals surface area contributed by atoms with Gasteiger partial charge in [0, 0.05) is 18.9 Å². The molecule has 1 unspecified atom stereocenters. The van der Waals surface area contributed by atoms with Gasteiger partial charge in [-0.15, -0.1) is 0 Å². The first kappa shape index (κ1) is 16.4. The van der Waals surface area contributed by atoms with Crippen LogP contribution in [0.3, 0.4) is 0 Å². The third kappa shape index (κ3) is 4.77. The minimum atomic E-state index is -2.44. The van der Waals surface area contributed by atoms with Crippen LogP contribution in [0.2, 0.25) is 0 Å². The van der Waals surface area contributed by atoms with Gasteiger partial charge in [0.2, 0.25) is 5.92 Å². The lowest BCUT2D eigenvalue weighted by atomic mass is 9.79. The summed E-state index contributed by atoms with van der Waals surface area (Å²) in [5.41, 5.74) is 2.63. The number of aryl methyl sites for hydroxylation is 1. The Kier molecular flexibility index (Phi) is 5.74. The summed E-state index contributed by atoms with van der Waals surface area (Å²) in [6, 6.07) is 8.72. The van der Waals surface area contributed by atoms with Crippen molar-refractivity contribution in [1.82, 2.24) is 5.32 Å². The third-order valence-electron chi connectivity index (χ3n) is 4.69. The summed E-state index contributed by atoms with van der Waals surface area (Å²) in [4.78, 5) is 0. The third-order valence-corrected chi connectivity index (χ3v) is 4.69. The summed E-state index contributed by atoms with van der Waals surface area (Å²) in [7, 11) is 0. The highest BCUT2D eigenvalue weighted by Crippen LogP contribution is 2.38. The van der Waals surface area contributed by atoms with Crippen LogP contribution in [-0.2, 0) is 6.42 Å². The normalized spacial score (nSPS) is 20.4. The van der Waals surface area contributed by atoms with Crippen LogP contribution in [-0.4, -0.2) is 18.5 Å². The molecule has 1 aromatic carbocycles. The van der Waals surface area contributed by atoms with E-state index in [-0.39, 0.29) is 12.8 Å². The monoisotopic (exact) mass is 295 g/mol. The van der Waals surface area contributed by atoms with Crippen molar-refractivity contribution in [1.29, 1.82) is 0 Å². The van der Waals surface area contributed by atoms with E-state index in [1.54, 1.807) is 0 Å². The molecular formula is C18H27F2N. The molecule has 0 heterocycles. The Hall–Kier alpha value is -0.960. The van der Waals surface area contributed by atoms with E-state index in [2.05, 4.69) is 43.4 Å². The largest absolute Gasteiger partial charge is 0.313 e. The number of benzene rings is 1. The molecule has 1 atom stereocenters. The molecule has 0 radical (unpaired) electrons. The van der Waals surface area contributed by atoms with Gasteiger partial charge in [-0.25, -0.2) is 8.78 Å². The molecule has 2 rings (SSSR count). The lowest BCUT2D eigenvalue weighted by molar-refractivity contribution is -0.0495. The van der Waals surface area contributed by atoms with E-state index in [4.69, 9.17) is 0 Å². The topological polar surface area (TPSA) is 12.0 Å². The van der Waals surface area contributed by atoms with Crippen molar-refractivity contribution < 1.29 is 8.78 Å². The van der Waals surface area contributed by atoms with Gasteiger partial charge in [-0.05, 0) is 56.2 Å². The fourth-order valence-electron chi connectivity index (χ4n) is 3.28. The minimum Gasteiger partial charge on any atom is -0.313 e. The highest BCUT2D eigenvalue weighted by molar-refractivity contribution is 5.26. The number of rotatable bonds is 6. The van der Waals surface area contributed by atoms with Gasteiger partial charge in [-0.1, -0.05) is 31.2 Å². The Labute approximate surface area is 127 Å². The van der Waals surface area contributed by atoms with Gasteiger partial charge < -0.3 is 5.32 Å². The zero-order chi connectivity index (χ0) is 15.3. The average Bonchev–Trinajstić information content (AvgIpc) is 2.46. The Bertz CT molecular complexity index is 435. The maximum absolute atomic E-state index is 13.4. The molecule has 1 aliphatic carbocycles. The molecule has 0 amide bonds. The van der Waals surface area contributed by atoms with Crippen molar-refractivity contribution in [2.24, 2.45) is 5.92 Å². The van der Waals surface area contributed by atoms with Gasteiger partial charge in [0.25, 0.3) is 0 Å². The number of hydrogen-bond donors (Lipinski definition) is 1. The zero-order valence-electron chi connectivity index (χ0n) is 13.2. The van der Waals surface area contributed by atoms with E-state index < -0.39 is 5.92 Å². The maximum Gasteiger partial charge on any atom is 0.248 e. The molecule has 0 bridgehead atoms. The number of halogens is 2. The SMILES string of the molecule is CCCNC(Cc1ccccc1C)C1CCC(F)(F)CC1. The minimum absolute atomic E-state index is 0.0513. The molecule has 1 saturated carbocycles. The second kappa shape index (κ2) is 7.35. The number of nitrogens with one attached hydrogen (secondary N) is 1. The van der Waals surface area contributed by atoms with Crippen molar-refractivity contribution >= 4 is 0 Å². The fourth-order valence-corrected chi connectivity index (χ4v) is 3.28. The zero-order valence-corrected chi connectivity index (χ0v) is 13.2. The molecule has 1 fully saturated rings. The van der Waals surface area contributed by atoms with Crippen LogP contribution in [0.4, 0.5) is 8.78 Å². The predicted octanol–water partition coefficient (Wildman–Crippen LogP) is 4.73. The molecule has 0 spiro atoms. The van der Waals surface area contributed by atoms with Crippen LogP contribution in [0.5, 0.6) is 0 Å². The van der Waals surface area contributed by atoms with Gasteiger partial charge in [0.05, 0.1) is 0 Å². The van der Waals surface area contributed by atoms with Crippen LogP contribution >= 0.6 is 0 Å². The average molecular weight is 295 g/mol. The Morgan fingerprint density at radius 1 is 1.24 bits per heavy atom. The van der Waals surface area contributed by atoms with Gasteiger partial charge >= 0.3 is 0 Å². The van der Waals surface area contributed by atoms with Gasteiger partial charge in [0.1, 0.15) is 0 Å². The van der Waals surface area contributed by atoms with E-state index in [9.17, 15) is 8.78 Å². The second-order valence-corrected chi connectivity index (χ2v) is 6.38. The van der Waals surface area contributed by atoms with Crippen LogP contribution in [0, 0.1) is 12.8 Å². The summed E-state index contributed by atoms with van der Waals surface area (Å²) >= 11 is 0. The summed E-state index contributed by atoms with van der Waals surface area (Å²) in [5.74, 6) is -2.06. The molecule has 1 nitrogen and oxygen atoms in total. The molecule has 21 heavy (non-hydrogen) atoms. The molecular weight excluding hydrogens is 268 g/mol. The Morgan fingerprint density at radius 3 is 2.52 bits per heavy atom. The van der Waals surface area contributed by atoms with Crippen LogP contribution in [0.15, 0.2) is 24.3 Å². The highest BCUT2D eigenvalue weighted by Gasteiger charge is 2.37. The van der Waals surface area contributed by atoms with E-state index >= 15 is 0 Å². The van der Waals surface area contributed by atoms with Crippen LogP contribution in [0.1, 0.15) is 50.2 Å². The molecule has 1 aliphatic rings. The predicted molar refractivity (Wildman–Crippen MR) is 83.9 cm³/mol. The summed E-state index contributed by atoms with van der Waals surface area (Å²) in [6.45, 7) is 5.23. The van der Waals surface area contributed by atoms with Gasteiger partial charge in [-0.2, -0.15) is 0 Å². The lowest BCUT2D eigenvalue weighted by Gasteiger charge is -2.34. The second-order valence-electron chi connectivity index (χ2n) is 6.38. The van der Waals surface area contributed by atoms with E-state index in [0.717, 1.165) is 19.4 Å². The van der Waals surface area contributed by atoms with Crippen molar-refractivity contribution in [3.63, 3.8) is 0 Å². The first-order chi connectivity index (χ1) is 10.0. The van der Waals surface area contributed by atoms with Crippen molar-refractivity contribution in [2.45, 2.75) is 64.3 Å². The molecule has 1 aromatic rings. The number of hydrogen-bond acceptors (Lipinski definition) is 1. The van der Waals surface area contributed by atoms with E-state index in [1.807, 2.05) is 0 Å². The standard InChI is InChI=1S/C18H27F2N/c1-3-12-21-17(13-16-7-5-4-6-14(16)2)15-8-10-18(19,20)11-9-15/h4-7,15,17,21H,3,8-13H2,1-2H3. The maximum atomic E-state index is 13.4. The van der Waals surface area contributed by atoms with Gasteiger partial charge in [0.15, 0.2) is 0 Å². The molecule has 0 aromatic heterocycles.